The highest BCUT2D eigenvalue weighted by Gasteiger charge is 2.27. The number of carboxylic acids is 1. The van der Waals surface area contributed by atoms with Gasteiger partial charge in [0.15, 0.2) is 11.5 Å². The molecule has 0 radical (unpaired) electrons. The molecule has 3 aromatic rings. The fourth-order valence-corrected chi connectivity index (χ4v) is 4.58. The Morgan fingerprint density at radius 2 is 1.84 bits per heavy atom. The minimum Gasteiger partial charge on any atom is -0.481 e. The van der Waals surface area contributed by atoms with Crippen LogP contribution < -0.4 is 20.3 Å². The highest BCUT2D eigenvalue weighted by atomic mass is 16.7. The monoisotopic (exact) mass is 504 g/mol. The lowest BCUT2D eigenvalue weighted by atomic mass is 9.98. The Kier molecular flexibility index (Phi) is 8.28. The Hall–Kier alpha value is -4.07. The molecule has 0 aliphatic carbocycles. The van der Waals surface area contributed by atoms with Gasteiger partial charge in [-0.3, -0.25) is 14.4 Å². The van der Waals surface area contributed by atoms with Gasteiger partial charge in [0.25, 0.3) is 5.56 Å². The summed E-state index contributed by atoms with van der Waals surface area (Å²) >= 11 is 0. The predicted octanol–water partition coefficient (Wildman–Crippen LogP) is 4.19. The summed E-state index contributed by atoms with van der Waals surface area (Å²) in [7, 11) is 0. The number of rotatable bonds is 11. The van der Waals surface area contributed by atoms with E-state index >= 15 is 0 Å². The zero-order valence-electron chi connectivity index (χ0n) is 21.1. The number of nitrogens with zero attached hydrogens (tertiary/aromatic N) is 1. The third-order valence-electron chi connectivity index (χ3n) is 6.54. The molecule has 0 spiro atoms. The molecule has 1 aromatic heterocycles. The second kappa shape index (κ2) is 11.8. The SMILES string of the molecule is CCCC[C@@H](C(=O)NCC(C(=O)O)c1ccc2c(c1)OCO2)n1cc(C)cc(Cc2ccccc2)c1=O. The highest BCUT2D eigenvalue weighted by Crippen LogP contribution is 2.34. The fourth-order valence-electron chi connectivity index (χ4n) is 4.58. The summed E-state index contributed by atoms with van der Waals surface area (Å²) in [5, 5.41) is 12.7. The number of carbonyl (C=O) groups excluding carboxylic acids is 1. The van der Waals surface area contributed by atoms with Crippen LogP contribution in [-0.4, -0.2) is 34.9 Å². The van der Waals surface area contributed by atoms with E-state index in [1.807, 2.05) is 50.2 Å². The van der Waals surface area contributed by atoms with Crippen LogP contribution in [0.4, 0.5) is 0 Å². The number of nitrogens with one attached hydrogen (secondary N) is 1. The van der Waals surface area contributed by atoms with Gasteiger partial charge in [-0.15, -0.1) is 0 Å². The average molecular weight is 505 g/mol. The van der Waals surface area contributed by atoms with Crippen molar-refractivity contribution in [1.82, 2.24) is 9.88 Å². The maximum Gasteiger partial charge on any atom is 0.312 e. The van der Waals surface area contributed by atoms with E-state index in [1.165, 1.54) is 4.57 Å². The van der Waals surface area contributed by atoms with E-state index in [-0.39, 0.29) is 24.8 Å². The second-order valence-corrected chi connectivity index (χ2v) is 9.32. The van der Waals surface area contributed by atoms with Crippen LogP contribution in [0.2, 0.25) is 0 Å². The standard InChI is InChI=1S/C29H32N2O6/c1-3-4-10-24(31-17-19(2)13-22(28(31)33)14-20-8-6-5-7-9-20)27(32)30-16-23(29(34)35)21-11-12-25-26(15-21)37-18-36-25/h5-9,11-13,15,17,23-24H,3-4,10,14,16,18H2,1-2H3,(H,30,32)(H,34,35)/t23?,24-/m0/s1. The molecule has 0 fully saturated rings. The number of unbranched alkanes of at least 4 members (excludes halogenated alkanes) is 1. The van der Waals surface area contributed by atoms with Gasteiger partial charge in [-0.05, 0) is 48.2 Å². The van der Waals surface area contributed by atoms with E-state index in [0.29, 0.717) is 35.5 Å². The molecule has 1 amide bonds. The molecule has 194 valence electrons. The predicted molar refractivity (Wildman–Crippen MR) is 139 cm³/mol. The Bertz CT molecular complexity index is 1320. The summed E-state index contributed by atoms with van der Waals surface area (Å²) in [5.41, 5.74) is 2.79. The largest absolute Gasteiger partial charge is 0.481 e. The number of fused-ring (bicyclic) bond motifs is 1. The van der Waals surface area contributed by atoms with Crippen LogP contribution in [0, 0.1) is 6.92 Å². The van der Waals surface area contributed by atoms with Gasteiger partial charge in [-0.2, -0.15) is 0 Å². The first-order valence-electron chi connectivity index (χ1n) is 12.5. The minimum atomic E-state index is -1.07. The van der Waals surface area contributed by atoms with Crippen molar-refractivity contribution >= 4 is 11.9 Å². The summed E-state index contributed by atoms with van der Waals surface area (Å²) in [4.78, 5) is 39.0. The van der Waals surface area contributed by atoms with Gasteiger partial charge in [0.1, 0.15) is 6.04 Å². The maximum atomic E-state index is 13.5. The quantitative estimate of drug-likeness (QED) is 0.406. The van der Waals surface area contributed by atoms with E-state index in [1.54, 1.807) is 24.4 Å². The molecule has 2 atom stereocenters. The third kappa shape index (κ3) is 6.20. The Morgan fingerprint density at radius 1 is 1.08 bits per heavy atom. The van der Waals surface area contributed by atoms with Crippen molar-refractivity contribution < 1.29 is 24.2 Å². The van der Waals surface area contributed by atoms with Crippen LogP contribution in [0.3, 0.4) is 0 Å². The molecule has 0 bridgehead atoms. The second-order valence-electron chi connectivity index (χ2n) is 9.32. The zero-order valence-corrected chi connectivity index (χ0v) is 21.1. The Morgan fingerprint density at radius 3 is 2.57 bits per heavy atom. The van der Waals surface area contributed by atoms with Gasteiger partial charge in [0.05, 0.1) is 5.92 Å². The van der Waals surface area contributed by atoms with Gasteiger partial charge in [0.2, 0.25) is 12.7 Å². The minimum absolute atomic E-state index is 0.0872. The summed E-state index contributed by atoms with van der Waals surface area (Å²) in [6, 6.07) is 15.8. The van der Waals surface area contributed by atoms with Gasteiger partial charge in [-0.25, -0.2) is 0 Å². The number of aryl methyl sites for hydroxylation is 1. The lowest BCUT2D eigenvalue weighted by molar-refractivity contribution is -0.138. The molecule has 4 rings (SSSR count). The molecular formula is C29H32N2O6. The molecule has 8 nitrogen and oxygen atoms in total. The number of aromatic nitrogens is 1. The number of ether oxygens (including phenoxy) is 2. The first-order valence-corrected chi connectivity index (χ1v) is 12.5. The van der Waals surface area contributed by atoms with Gasteiger partial charge in [0, 0.05) is 24.7 Å². The van der Waals surface area contributed by atoms with Crippen molar-refractivity contribution in [1.29, 1.82) is 0 Å². The van der Waals surface area contributed by atoms with Crippen LogP contribution >= 0.6 is 0 Å². The smallest absolute Gasteiger partial charge is 0.312 e. The number of hydrogen-bond acceptors (Lipinski definition) is 5. The van der Waals surface area contributed by atoms with E-state index in [2.05, 4.69) is 5.32 Å². The lowest BCUT2D eigenvalue weighted by Crippen LogP contribution is -2.40. The number of hydrogen-bond donors (Lipinski definition) is 2. The van der Waals surface area contributed by atoms with Crippen LogP contribution in [0.1, 0.15) is 60.4 Å². The Labute approximate surface area is 215 Å². The van der Waals surface area contributed by atoms with Crippen molar-refractivity contribution in [2.24, 2.45) is 0 Å². The van der Waals surface area contributed by atoms with Crippen LogP contribution in [0.5, 0.6) is 11.5 Å². The van der Waals surface area contributed by atoms with Gasteiger partial charge >= 0.3 is 5.97 Å². The van der Waals surface area contributed by atoms with Crippen molar-refractivity contribution in [2.75, 3.05) is 13.3 Å². The first kappa shape index (κ1) is 26.0. The van der Waals surface area contributed by atoms with Crippen LogP contribution in [0.25, 0.3) is 0 Å². The lowest BCUT2D eigenvalue weighted by Gasteiger charge is -2.22. The molecule has 2 aromatic carbocycles. The summed E-state index contributed by atoms with van der Waals surface area (Å²) in [6.45, 7) is 3.89. The summed E-state index contributed by atoms with van der Waals surface area (Å²) in [6.07, 6.45) is 4.25. The molecule has 1 unspecified atom stereocenters. The molecule has 0 saturated carbocycles. The van der Waals surface area contributed by atoms with Crippen molar-refractivity contribution in [2.45, 2.75) is 51.5 Å². The number of pyridine rings is 1. The van der Waals surface area contributed by atoms with E-state index in [0.717, 1.165) is 24.0 Å². The van der Waals surface area contributed by atoms with Crippen LogP contribution in [-0.2, 0) is 16.0 Å². The number of amides is 1. The molecule has 2 N–H and O–H groups in total. The van der Waals surface area contributed by atoms with E-state index in [4.69, 9.17) is 9.47 Å². The molecule has 1 aliphatic rings. The Balaban J connectivity index is 1.57. The first-order chi connectivity index (χ1) is 17.9. The number of benzene rings is 2. The van der Waals surface area contributed by atoms with Crippen molar-refractivity contribution in [3.8, 4) is 11.5 Å². The van der Waals surface area contributed by atoms with E-state index < -0.39 is 17.9 Å². The normalized spacial score (nSPS) is 13.7. The average Bonchev–Trinajstić information content (AvgIpc) is 3.35. The number of carbonyl (C=O) groups is 2. The molecule has 2 heterocycles. The molecule has 0 saturated heterocycles. The van der Waals surface area contributed by atoms with E-state index in [9.17, 15) is 19.5 Å². The van der Waals surface area contributed by atoms with Gasteiger partial charge < -0.3 is 24.5 Å². The summed E-state index contributed by atoms with van der Waals surface area (Å²) in [5.74, 6) is -1.39. The molecule has 8 heteroatoms. The fraction of sp³-hybridized carbons (Fsp3) is 0.345. The summed E-state index contributed by atoms with van der Waals surface area (Å²) < 4.78 is 12.2. The maximum absolute atomic E-state index is 13.5. The molecule has 37 heavy (non-hydrogen) atoms. The zero-order chi connectivity index (χ0) is 26.4. The topological polar surface area (TPSA) is 107 Å². The number of aliphatic carboxylic acids is 1. The van der Waals surface area contributed by atoms with Crippen LogP contribution in [0.15, 0.2) is 65.6 Å². The highest BCUT2D eigenvalue weighted by molar-refractivity contribution is 5.82. The number of carboxylic acid groups (broad SMARTS) is 1. The van der Waals surface area contributed by atoms with Gasteiger partial charge in [-0.1, -0.05) is 56.2 Å². The molecular weight excluding hydrogens is 472 g/mol. The van der Waals surface area contributed by atoms with Crippen molar-refractivity contribution in [3.05, 3.63) is 93.4 Å². The van der Waals surface area contributed by atoms with Crippen molar-refractivity contribution in [3.63, 3.8) is 0 Å². The third-order valence-corrected chi connectivity index (χ3v) is 6.54. The molecule has 1 aliphatic heterocycles.